The average molecular weight is 291 g/mol. The molecule has 1 aromatic heterocycles. The summed E-state index contributed by atoms with van der Waals surface area (Å²) >= 11 is 0. The number of aromatic nitrogens is 1. The minimum absolute atomic E-state index is 0.401. The summed E-state index contributed by atoms with van der Waals surface area (Å²) in [5, 5.41) is 8.66. The van der Waals surface area contributed by atoms with Gasteiger partial charge in [-0.2, -0.15) is 0 Å². The van der Waals surface area contributed by atoms with Crippen molar-refractivity contribution in [1.82, 2.24) is 4.57 Å². The third-order valence-electron chi connectivity index (χ3n) is 4.04. The normalized spacial score (nSPS) is 11.3. The number of anilines is 1. The molecule has 3 heteroatoms. The quantitative estimate of drug-likeness (QED) is 0.536. The zero-order valence-electron chi connectivity index (χ0n) is 13.2. The first kappa shape index (κ1) is 14.4. The Labute approximate surface area is 130 Å². The van der Waals surface area contributed by atoms with E-state index in [1.807, 2.05) is 12.1 Å². The van der Waals surface area contributed by atoms with Crippen molar-refractivity contribution in [1.29, 1.82) is 5.41 Å². The van der Waals surface area contributed by atoms with E-state index in [1.54, 1.807) is 0 Å². The van der Waals surface area contributed by atoms with Gasteiger partial charge in [0.2, 0.25) is 0 Å². The number of nitrogen functional groups attached to an aromatic ring is 1. The number of nitrogens with one attached hydrogen (secondary N) is 1. The van der Waals surface area contributed by atoms with Gasteiger partial charge in [-0.05, 0) is 48.7 Å². The second-order valence-electron chi connectivity index (χ2n) is 6.08. The average Bonchev–Trinajstić information content (AvgIpc) is 2.84. The third-order valence-corrected chi connectivity index (χ3v) is 4.04. The van der Waals surface area contributed by atoms with E-state index >= 15 is 0 Å². The molecular weight excluding hydrogens is 270 g/mol. The highest BCUT2D eigenvalue weighted by Gasteiger charge is 2.15. The van der Waals surface area contributed by atoms with Gasteiger partial charge < -0.3 is 15.7 Å². The van der Waals surface area contributed by atoms with Gasteiger partial charge in [0.15, 0.2) is 0 Å². The molecule has 0 spiro atoms. The molecule has 0 radical (unpaired) electrons. The van der Waals surface area contributed by atoms with Gasteiger partial charge in [0.05, 0.1) is 5.52 Å². The van der Waals surface area contributed by atoms with Crippen LogP contribution in [0.25, 0.3) is 16.6 Å². The lowest BCUT2D eigenvalue weighted by Crippen LogP contribution is -2.02. The molecule has 3 N–H and O–H groups in total. The highest BCUT2D eigenvalue weighted by atomic mass is 15.0. The van der Waals surface area contributed by atoms with Crippen molar-refractivity contribution in [2.45, 2.75) is 26.7 Å². The molecule has 22 heavy (non-hydrogen) atoms. The van der Waals surface area contributed by atoms with E-state index in [2.05, 4.69) is 55.7 Å². The van der Waals surface area contributed by atoms with Crippen LogP contribution in [0.1, 0.15) is 36.6 Å². The van der Waals surface area contributed by atoms with Gasteiger partial charge in [-0.25, -0.2) is 0 Å². The second-order valence-corrected chi connectivity index (χ2v) is 6.08. The Kier molecular flexibility index (Phi) is 3.49. The summed E-state index contributed by atoms with van der Waals surface area (Å²) in [4.78, 5) is 0. The van der Waals surface area contributed by atoms with E-state index in [4.69, 9.17) is 11.1 Å². The van der Waals surface area contributed by atoms with Crippen LogP contribution in [0, 0.1) is 12.3 Å². The van der Waals surface area contributed by atoms with Crippen molar-refractivity contribution in [3.05, 3.63) is 59.3 Å². The molecule has 0 bridgehead atoms. The van der Waals surface area contributed by atoms with Gasteiger partial charge >= 0.3 is 0 Å². The first-order valence-electron chi connectivity index (χ1n) is 7.53. The monoisotopic (exact) mass is 291 g/mol. The predicted molar refractivity (Wildman–Crippen MR) is 94.4 cm³/mol. The van der Waals surface area contributed by atoms with Crippen LogP contribution in [-0.2, 0) is 0 Å². The zero-order valence-corrected chi connectivity index (χ0v) is 13.2. The minimum Gasteiger partial charge on any atom is -0.398 e. The SMILES string of the molecule is Cc1cccc(-n2c(C(C)C)cc3cc(N)c(C=N)cc32)c1. The van der Waals surface area contributed by atoms with Crippen molar-refractivity contribution < 1.29 is 0 Å². The van der Waals surface area contributed by atoms with E-state index in [0.717, 1.165) is 22.2 Å². The molecule has 0 atom stereocenters. The fourth-order valence-electron chi connectivity index (χ4n) is 2.92. The third kappa shape index (κ3) is 2.29. The molecule has 112 valence electrons. The van der Waals surface area contributed by atoms with Crippen molar-refractivity contribution in [2.75, 3.05) is 5.73 Å². The molecule has 0 amide bonds. The molecule has 0 unspecified atom stereocenters. The van der Waals surface area contributed by atoms with Crippen molar-refractivity contribution >= 4 is 22.8 Å². The Morgan fingerprint density at radius 3 is 2.55 bits per heavy atom. The number of benzene rings is 2. The highest BCUT2D eigenvalue weighted by molar-refractivity contribution is 5.95. The van der Waals surface area contributed by atoms with Gasteiger partial charge in [-0.3, -0.25) is 0 Å². The molecule has 0 aliphatic carbocycles. The Morgan fingerprint density at radius 2 is 1.91 bits per heavy atom. The predicted octanol–water partition coefficient (Wildman–Crippen LogP) is 4.64. The molecule has 1 heterocycles. The van der Waals surface area contributed by atoms with Crippen molar-refractivity contribution in [2.24, 2.45) is 0 Å². The standard InChI is InChI=1S/C19H21N3/c1-12(2)18-9-14-8-17(21)15(11-20)10-19(14)22(18)16-6-4-5-13(3)7-16/h4-12,20H,21H2,1-3H3. The van der Waals surface area contributed by atoms with Crippen LogP contribution in [0.3, 0.4) is 0 Å². The Morgan fingerprint density at radius 1 is 1.14 bits per heavy atom. The molecule has 3 aromatic rings. The van der Waals surface area contributed by atoms with Gasteiger partial charge in [0.1, 0.15) is 0 Å². The zero-order chi connectivity index (χ0) is 15.9. The van der Waals surface area contributed by atoms with E-state index < -0.39 is 0 Å². The summed E-state index contributed by atoms with van der Waals surface area (Å²) in [6, 6.07) is 14.7. The summed E-state index contributed by atoms with van der Waals surface area (Å²) < 4.78 is 2.28. The maximum atomic E-state index is 7.55. The molecule has 0 aliphatic rings. The Bertz CT molecular complexity index is 856. The summed E-state index contributed by atoms with van der Waals surface area (Å²) in [6.07, 6.45) is 1.32. The van der Waals surface area contributed by atoms with Crippen molar-refractivity contribution in [3.63, 3.8) is 0 Å². The fourth-order valence-corrected chi connectivity index (χ4v) is 2.92. The van der Waals surface area contributed by atoms with Gasteiger partial charge in [-0.1, -0.05) is 26.0 Å². The molecule has 3 rings (SSSR count). The smallest absolute Gasteiger partial charge is 0.0539 e. The lowest BCUT2D eigenvalue weighted by atomic mass is 10.1. The summed E-state index contributed by atoms with van der Waals surface area (Å²) in [6.45, 7) is 6.49. The number of fused-ring (bicyclic) bond motifs is 1. The van der Waals surface area contributed by atoms with Crippen LogP contribution < -0.4 is 5.73 Å². The van der Waals surface area contributed by atoms with E-state index in [9.17, 15) is 0 Å². The van der Waals surface area contributed by atoms with Crippen LogP contribution in [0.5, 0.6) is 0 Å². The van der Waals surface area contributed by atoms with Gasteiger partial charge in [0.25, 0.3) is 0 Å². The number of nitrogens with two attached hydrogens (primary N) is 1. The fraction of sp³-hybridized carbons (Fsp3) is 0.211. The Balaban J connectivity index is 2.39. The number of hydrogen-bond acceptors (Lipinski definition) is 2. The maximum Gasteiger partial charge on any atom is 0.0539 e. The molecule has 0 saturated carbocycles. The molecular formula is C19H21N3. The molecule has 0 aliphatic heterocycles. The topological polar surface area (TPSA) is 54.8 Å². The number of rotatable bonds is 3. The summed E-state index contributed by atoms with van der Waals surface area (Å²) in [5.74, 6) is 0.401. The molecule has 3 nitrogen and oxygen atoms in total. The van der Waals surface area contributed by atoms with Gasteiger partial charge in [0, 0.05) is 34.2 Å². The number of hydrogen-bond donors (Lipinski definition) is 2. The lowest BCUT2D eigenvalue weighted by molar-refractivity contribution is 0.796. The van der Waals surface area contributed by atoms with Crippen LogP contribution in [0.2, 0.25) is 0 Å². The maximum absolute atomic E-state index is 7.55. The Hall–Kier alpha value is -2.55. The van der Waals surface area contributed by atoms with E-state index in [-0.39, 0.29) is 0 Å². The number of nitrogens with zero attached hydrogens (tertiary/aromatic N) is 1. The number of aryl methyl sites for hydroxylation is 1. The van der Waals surface area contributed by atoms with Crippen LogP contribution >= 0.6 is 0 Å². The summed E-state index contributed by atoms with van der Waals surface area (Å²) in [7, 11) is 0. The van der Waals surface area contributed by atoms with Gasteiger partial charge in [-0.15, -0.1) is 0 Å². The van der Waals surface area contributed by atoms with E-state index in [0.29, 0.717) is 11.6 Å². The van der Waals surface area contributed by atoms with Crippen LogP contribution in [-0.4, -0.2) is 10.8 Å². The largest absolute Gasteiger partial charge is 0.398 e. The summed E-state index contributed by atoms with van der Waals surface area (Å²) in [5.41, 5.74) is 12.2. The first-order chi connectivity index (χ1) is 10.5. The lowest BCUT2D eigenvalue weighted by Gasteiger charge is -2.14. The second kappa shape index (κ2) is 5.34. The van der Waals surface area contributed by atoms with E-state index in [1.165, 1.54) is 17.5 Å². The highest BCUT2D eigenvalue weighted by Crippen LogP contribution is 2.31. The van der Waals surface area contributed by atoms with Crippen molar-refractivity contribution in [3.8, 4) is 5.69 Å². The molecule has 0 saturated heterocycles. The van der Waals surface area contributed by atoms with Crippen LogP contribution in [0.15, 0.2) is 42.5 Å². The molecule has 2 aromatic carbocycles. The van der Waals surface area contributed by atoms with Crippen LogP contribution in [0.4, 0.5) is 5.69 Å². The first-order valence-corrected chi connectivity index (χ1v) is 7.53. The minimum atomic E-state index is 0.401. The molecule has 0 fully saturated rings.